The molecule has 2 amide bonds. The van der Waals surface area contributed by atoms with Crippen molar-refractivity contribution in [2.75, 3.05) is 11.9 Å². The van der Waals surface area contributed by atoms with Gasteiger partial charge in [0, 0.05) is 17.7 Å². The third-order valence-corrected chi connectivity index (χ3v) is 3.90. The van der Waals surface area contributed by atoms with Gasteiger partial charge in [0.25, 0.3) is 5.91 Å². The van der Waals surface area contributed by atoms with Crippen molar-refractivity contribution in [2.24, 2.45) is 0 Å². The molecule has 0 bridgehead atoms. The molecule has 6 nitrogen and oxygen atoms in total. The highest BCUT2D eigenvalue weighted by atomic mass is 16.5. The van der Waals surface area contributed by atoms with Crippen LogP contribution in [0.25, 0.3) is 0 Å². The largest absolute Gasteiger partial charge is 0.360 e. The smallest absolute Gasteiger partial charge is 0.273 e. The summed E-state index contributed by atoms with van der Waals surface area (Å²) in [6, 6.07) is 7.44. The molecule has 1 aliphatic rings. The van der Waals surface area contributed by atoms with Crippen molar-refractivity contribution >= 4 is 17.5 Å². The van der Waals surface area contributed by atoms with Crippen molar-refractivity contribution in [2.45, 2.75) is 32.6 Å². The third-order valence-electron chi connectivity index (χ3n) is 3.90. The van der Waals surface area contributed by atoms with Gasteiger partial charge in [-0.05, 0) is 37.8 Å². The fraction of sp³-hybridized carbons (Fsp3) is 0.353. The zero-order valence-corrected chi connectivity index (χ0v) is 13.2. The van der Waals surface area contributed by atoms with Crippen LogP contribution in [0.2, 0.25) is 0 Å². The average molecular weight is 313 g/mol. The molecule has 0 atom stereocenters. The number of benzene rings is 1. The summed E-state index contributed by atoms with van der Waals surface area (Å²) in [7, 11) is 0. The van der Waals surface area contributed by atoms with Crippen LogP contribution in [0.1, 0.15) is 46.1 Å². The summed E-state index contributed by atoms with van der Waals surface area (Å²) < 4.78 is 5.13. The molecular weight excluding hydrogens is 294 g/mol. The van der Waals surface area contributed by atoms with E-state index in [2.05, 4.69) is 15.8 Å². The van der Waals surface area contributed by atoms with Crippen LogP contribution >= 0.6 is 0 Å². The van der Waals surface area contributed by atoms with E-state index in [1.54, 1.807) is 6.07 Å². The van der Waals surface area contributed by atoms with Crippen molar-refractivity contribution in [1.29, 1.82) is 0 Å². The maximum atomic E-state index is 12.0. The highest BCUT2D eigenvalue weighted by Gasteiger charge is 2.28. The fourth-order valence-corrected chi connectivity index (χ4v) is 2.40. The van der Waals surface area contributed by atoms with Gasteiger partial charge in [-0.25, -0.2) is 0 Å². The molecule has 6 heteroatoms. The quantitative estimate of drug-likeness (QED) is 0.888. The Kier molecular flexibility index (Phi) is 4.14. The van der Waals surface area contributed by atoms with Crippen molar-refractivity contribution in [3.8, 4) is 0 Å². The van der Waals surface area contributed by atoms with Crippen molar-refractivity contribution < 1.29 is 14.1 Å². The monoisotopic (exact) mass is 313 g/mol. The number of hydrogen-bond acceptors (Lipinski definition) is 4. The van der Waals surface area contributed by atoms with Crippen LogP contribution in [0.5, 0.6) is 0 Å². The molecule has 1 heterocycles. The van der Waals surface area contributed by atoms with Gasteiger partial charge >= 0.3 is 0 Å². The highest BCUT2D eigenvalue weighted by molar-refractivity contribution is 5.99. The molecule has 1 fully saturated rings. The number of hydrogen-bond donors (Lipinski definition) is 2. The molecule has 1 aromatic heterocycles. The van der Waals surface area contributed by atoms with Gasteiger partial charge in [-0.1, -0.05) is 23.4 Å². The lowest BCUT2D eigenvalue weighted by molar-refractivity contribution is -0.115. The first-order valence-electron chi connectivity index (χ1n) is 7.65. The minimum atomic E-state index is -0.405. The summed E-state index contributed by atoms with van der Waals surface area (Å²) in [5, 5.41) is 9.13. The second-order valence-corrected chi connectivity index (χ2v) is 5.89. The van der Waals surface area contributed by atoms with Crippen LogP contribution in [0.3, 0.4) is 0 Å². The Hall–Kier alpha value is -2.63. The van der Waals surface area contributed by atoms with Gasteiger partial charge in [0.05, 0.1) is 6.54 Å². The summed E-state index contributed by atoms with van der Waals surface area (Å²) in [6.45, 7) is 3.74. The number of nitrogens with one attached hydrogen (secondary N) is 2. The molecule has 120 valence electrons. The van der Waals surface area contributed by atoms with Crippen LogP contribution < -0.4 is 10.6 Å². The lowest BCUT2D eigenvalue weighted by Gasteiger charge is -2.11. The van der Waals surface area contributed by atoms with Gasteiger partial charge in [0.2, 0.25) is 5.91 Å². The lowest BCUT2D eigenvalue weighted by Crippen LogP contribution is -2.33. The predicted octanol–water partition coefficient (Wildman–Crippen LogP) is 2.54. The summed E-state index contributed by atoms with van der Waals surface area (Å²) >= 11 is 0. The average Bonchev–Trinajstić information content (AvgIpc) is 3.26. The van der Waals surface area contributed by atoms with Crippen LogP contribution in [-0.4, -0.2) is 23.5 Å². The fourth-order valence-electron chi connectivity index (χ4n) is 2.40. The van der Waals surface area contributed by atoms with E-state index in [4.69, 9.17) is 4.52 Å². The number of carbonyl (C=O) groups excluding carboxylic acids is 2. The second kappa shape index (κ2) is 6.24. The minimum absolute atomic E-state index is 0.113. The van der Waals surface area contributed by atoms with E-state index in [1.807, 2.05) is 32.0 Å². The van der Waals surface area contributed by atoms with Gasteiger partial charge in [-0.15, -0.1) is 0 Å². The number of aryl methyl sites for hydroxylation is 2. The van der Waals surface area contributed by atoms with Gasteiger partial charge < -0.3 is 15.2 Å². The molecule has 0 spiro atoms. The first kappa shape index (κ1) is 15.3. The second-order valence-electron chi connectivity index (χ2n) is 5.89. The third kappa shape index (κ3) is 3.59. The molecule has 0 aliphatic heterocycles. The van der Waals surface area contributed by atoms with E-state index in [0.29, 0.717) is 5.92 Å². The van der Waals surface area contributed by atoms with E-state index in [-0.39, 0.29) is 18.1 Å². The number of aromatic nitrogens is 1. The summed E-state index contributed by atoms with van der Waals surface area (Å²) in [5.74, 6) is 0.463. The number of nitrogens with zero attached hydrogens (tertiary/aromatic N) is 1. The predicted molar refractivity (Wildman–Crippen MR) is 85.4 cm³/mol. The van der Waals surface area contributed by atoms with Crippen molar-refractivity contribution in [1.82, 2.24) is 10.5 Å². The zero-order valence-electron chi connectivity index (χ0n) is 13.2. The molecule has 0 radical (unpaired) electrons. The molecule has 0 saturated heterocycles. The summed E-state index contributed by atoms with van der Waals surface area (Å²) in [4.78, 5) is 24.0. The van der Waals surface area contributed by atoms with Gasteiger partial charge in [-0.3, -0.25) is 9.59 Å². The summed E-state index contributed by atoms with van der Waals surface area (Å²) in [5.41, 5.74) is 2.96. The highest BCUT2D eigenvalue weighted by Crippen LogP contribution is 2.40. The van der Waals surface area contributed by atoms with E-state index in [1.165, 1.54) is 0 Å². The molecule has 3 rings (SSSR count). The molecular formula is C17H19N3O3. The van der Waals surface area contributed by atoms with E-state index < -0.39 is 5.91 Å². The molecule has 0 unspecified atom stereocenters. The van der Waals surface area contributed by atoms with Crippen LogP contribution in [-0.2, 0) is 4.79 Å². The summed E-state index contributed by atoms with van der Waals surface area (Å²) in [6.07, 6.45) is 2.16. The Morgan fingerprint density at radius 2 is 1.96 bits per heavy atom. The first-order valence-corrected chi connectivity index (χ1v) is 7.65. The Labute approximate surface area is 134 Å². The van der Waals surface area contributed by atoms with Gasteiger partial charge in [0.1, 0.15) is 5.76 Å². The number of rotatable bonds is 5. The molecule has 1 aromatic carbocycles. The number of anilines is 1. The standard InChI is InChI=1S/C17H19N3O3/c1-10-4-3-5-11(2)16(10)19-15(21)9-18-17(22)13-8-14(23-20-13)12-6-7-12/h3-5,8,12H,6-7,9H2,1-2H3,(H,18,22)(H,19,21). The van der Waals surface area contributed by atoms with E-state index in [9.17, 15) is 9.59 Å². The van der Waals surface area contributed by atoms with Crippen molar-refractivity contribution in [3.63, 3.8) is 0 Å². The Morgan fingerprint density at radius 1 is 1.26 bits per heavy atom. The van der Waals surface area contributed by atoms with Crippen LogP contribution in [0, 0.1) is 13.8 Å². The topological polar surface area (TPSA) is 84.2 Å². The van der Waals surface area contributed by atoms with Crippen LogP contribution in [0.15, 0.2) is 28.8 Å². The normalized spacial score (nSPS) is 13.7. The van der Waals surface area contributed by atoms with Crippen LogP contribution in [0.4, 0.5) is 5.69 Å². The maximum absolute atomic E-state index is 12.0. The molecule has 23 heavy (non-hydrogen) atoms. The lowest BCUT2D eigenvalue weighted by atomic mass is 10.1. The zero-order chi connectivity index (χ0) is 16.4. The number of carbonyl (C=O) groups is 2. The Balaban J connectivity index is 1.54. The van der Waals surface area contributed by atoms with E-state index in [0.717, 1.165) is 35.4 Å². The molecule has 1 saturated carbocycles. The Bertz CT molecular complexity index is 727. The first-order chi connectivity index (χ1) is 11.0. The maximum Gasteiger partial charge on any atom is 0.273 e. The number of amides is 2. The molecule has 2 aromatic rings. The Morgan fingerprint density at radius 3 is 2.61 bits per heavy atom. The molecule has 1 aliphatic carbocycles. The molecule has 2 N–H and O–H groups in total. The SMILES string of the molecule is Cc1cccc(C)c1NC(=O)CNC(=O)c1cc(C2CC2)on1. The number of para-hydroxylation sites is 1. The van der Waals surface area contributed by atoms with Gasteiger partial charge in [0.15, 0.2) is 5.69 Å². The van der Waals surface area contributed by atoms with E-state index >= 15 is 0 Å². The van der Waals surface area contributed by atoms with Gasteiger partial charge in [-0.2, -0.15) is 0 Å². The minimum Gasteiger partial charge on any atom is -0.360 e. The van der Waals surface area contributed by atoms with Crippen molar-refractivity contribution in [3.05, 3.63) is 46.8 Å².